The number of aryl methyl sites for hydroxylation is 1. The molecule has 0 saturated carbocycles. The van der Waals surface area contributed by atoms with Gasteiger partial charge in [-0.05, 0) is 18.2 Å². The van der Waals surface area contributed by atoms with Crippen LogP contribution in [0.2, 0.25) is 0 Å². The van der Waals surface area contributed by atoms with Crippen molar-refractivity contribution >= 4 is 17.5 Å². The highest BCUT2D eigenvalue weighted by Gasteiger charge is 2.21. The summed E-state index contributed by atoms with van der Waals surface area (Å²) in [7, 11) is 1.88. The van der Waals surface area contributed by atoms with Crippen molar-refractivity contribution in [3.63, 3.8) is 0 Å². The molecule has 1 aromatic carbocycles. The van der Waals surface area contributed by atoms with Crippen LogP contribution in [0.5, 0.6) is 0 Å². The molecular weight excluding hydrogens is 282 g/mol. The van der Waals surface area contributed by atoms with Crippen LogP contribution in [0.3, 0.4) is 0 Å². The zero-order valence-electron chi connectivity index (χ0n) is 12.9. The van der Waals surface area contributed by atoms with E-state index in [1.165, 1.54) is 0 Å². The van der Waals surface area contributed by atoms with Gasteiger partial charge >= 0.3 is 0 Å². The lowest BCUT2D eigenvalue weighted by Gasteiger charge is -2.13. The van der Waals surface area contributed by atoms with Gasteiger partial charge < -0.3 is 5.21 Å². The summed E-state index contributed by atoms with van der Waals surface area (Å²) < 4.78 is 1.78. The maximum Gasteiger partial charge on any atom is 0.115 e. The number of rotatable bonds is 4. The van der Waals surface area contributed by atoms with Crippen molar-refractivity contribution in [2.24, 2.45) is 12.2 Å². The summed E-state index contributed by atoms with van der Waals surface area (Å²) in [5.41, 5.74) is 2.45. The Morgan fingerprint density at radius 1 is 1.29 bits per heavy atom. The van der Waals surface area contributed by atoms with Crippen LogP contribution in [-0.4, -0.2) is 26.5 Å². The smallest absolute Gasteiger partial charge is 0.115 e. The van der Waals surface area contributed by atoms with Crippen molar-refractivity contribution in [3.8, 4) is 0 Å². The number of aromatic nitrogens is 2. The van der Waals surface area contributed by atoms with Crippen LogP contribution in [0.4, 0.5) is 0 Å². The molecule has 1 N–H and O–H groups in total. The van der Waals surface area contributed by atoms with E-state index in [2.05, 4.69) is 31.0 Å². The standard InChI is InChI=1S/C16H21N3OS/c1-16(2,3)15-10-14(19(4)17-15)13(18-20)11-21-12-8-6-5-7-9-12/h5-10,20H,11H2,1-4H3/b18-13-. The van der Waals surface area contributed by atoms with E-state index in [-0.39, 0.29) is 5.41 Å². The first-order valence-corrected chi connectivity index (χ1v) is 7.84. The van der Waals surface area contributed by atoms with Gasteiger partial charge in [0.15, 0.2) is 0 Å². The average Bonchev–Trinajstić information content (AvgIpc) is 2.83. The fourth-order valence-electron chi connectivity index (χ4n) is 1.93. The Balaban J connectivity index is 2.17. The molecule has 0 atom stereocenters. The number of benzene rings is 1. The van der Waals surface area contributed by atoms with E-state index in [9.17, 15) is 5.21 Å². The molecule has 0 fully saturated rings. The molecule has 5 heteroatoms. The monoisotopic (exact) mass is 303 g/mol. The van der Waals surface area contributed by atoms with E-state index in [0.29, 0.717) is 11.5 Å². The maximum atomic E-state index is 9.33. The van der Waals surface area contributed by atoms with Gasteiger partial charge in [0.25, 0.3) is 0 Å². The van der Waals surface area contributed by atoms with Crippen LogP contribution in [0, 0.1) is 0 Å². The first-order chi connectivity index (χ1) is 9.91. The van der Waals surface area contributed by atoms with Gasteiger partial charge in [0, 0.05) is 23.1 Å². The zero-order chi connectivity index (χ0) is 15.5. The molecule has 0 bridgehead atoms. The predicted octanol–water partition coefficient (Wildman–Crippen LogP) is 3.69. The molecule has 2 aromatic rings. The van der Waals surface area contributed by atoms with Gasteiger partial charge in [0.1, 0.15) is 5.71 Å². The molecule has 0 aliphatic carbocycles. The van der Waals surface area contributed by atoms with Gasteiger partial charge in [0.2, 0.25) is 0 Å². The quantitative estimate of drug-likeness (QED) is 0.405. The summed E-state index contributed by atoms with van der Waals surface area (Å²) in [4.78, 5) is 1.15. The molecule has 0 saturated heterocycles. The minimum atomic E-state index is -0.0247. The molecule has 1 aromatic heterocycles. The summed E-state index contributed by atoms with van der Waals surface area (Å²) in [5.74, 6) is 0.601. The van der Waals surface area contributed by atoms with E-state index in [0.717, 1.165) is 16.3 Å². The fourth-order valence-corrected chi connectivity index (χ4v) is 2.78. The molecule has 21 heavy (non-hydrogen) atoms. The van der Waals surface area contributed by atoms with Gasteiger partial charge in [0.05, 0.1) is 11.4 Å². The van der Waals surface area contributed by atoms with E-state index in [4.69, 9.17) is 0 Å². The second-order valence-electron chi connectivity index (χ2n) is 5.94. The van der Waals surface area contributed by atoms with Gasteiger partial charge in [-0.25, -0.2) is 0 Å². The van der Waals surface area contributed by atoms with Gasteiger partial charge in [-0.2, -0.15) is 5.10 Å². The summed E-state index contributed by atoms with van der Waals surface area (Å²) in [6, 6.07) is 12.1. The molecule has 0 radical (unpaired) electrons. The van der Waals surface area contributed by atoms with Crippen LogP contribution in [0.25, 0.3) is 0 Å². The van der Waals surface area contributed by atoms with Crippen molar-refractivity contribution in [1.82, 2.24) is 9.78 Å². The number of hydrogen-bond donors (Lipinski definition) is 1. The fraction of sp³-hybridized carbons (Fsp3) is 0.375. The second-order valence-corrected chi connectivity index (χ2v) is 6.99. The third kappa shape index (κ3) is 3.88. The van der Waals surface area contributed by atoms with Crippen molar-refractivity contribution in [3.05, 3.63) is 47.8 Å². The minimum absolute atomic E-state index is 0.0247. The lowest BCUT2D eigenvalue weighted by Crippen LogP contribution is -2.12. The first kappa shape index (κ1) is 15.6. The van der Waals surface area contributed by atoms with E-state index < -0.39 is 0 Å². The summed E-state index contributed by atoms with van der Waals surface area (Å²) in [5, 5.41) is 17.3. The van der Waals surface area contributed by atoms with Crippen molar-refractivity contribution in [2.45, 2.75) is 31.1 Å². The third-order valence-electron chi connectivity index (χ3n) is 3.18. The lowest BCUT2D eigenvalue weighted by atomic mass is 9.92. The predicted molar refractivity (Wildman–Crippen MR) is 87.4 cm³/mol. The Kier molecular flexibility index (Phi) is 4.73. The first-order valence-electron chi connectivity index (χ1n) is 6.85. The third-order valence-corrected chi connectivity index (χ3v) is 4.21. The molecular formula is C16H21N3OS. The molecule has 112 valence electrons. The van der Waals surface area contributed by atoms with Crippen LogP contribution < -0.4 is 0 Å². The van der Waals surface area contributed by atoms with E-state index >= 15 is 0 Å². The van der Waals surface area contributed by atoms with Crippen LogP contribution in [0.15, 0.2) is 46.4 Å². The average molecular weight is 303 g/mol. The highest BCUT2D eigenvalue weighted by atomic mass is 32.2. The van der Waals surface area contributed by atoms with E-state index in [1.54, 1.807) is 16.4 Å². The molecule has 0 aliphatic heterocycles. The van der Waals surface area contributed by atoms with Crippen LogP contribution in [-0.2, 0) is 12.5 Å². The van der Waals surface area contributed by atoms with Gasteiger partial charge in [-0.1, -0.05) is 44.1 Å². The summed E-state index contributed by atoms with van der Waals surface area (Å²) in [6.07, 6.45) is 0. The molecule has 0 spiro atoms. The highest BCUT2D eigenvalue weighted by molar-refractivity contribution is 8.00. The Morgan fingerprint density at radius 2 is 1.95 bits per heavy atom. The van der Waals surface area contributed by atoms with Crippen LogP contribution in [0.1, 0.15) is 32.2 Å². The van der Waals surface area contributed by atoms with Gasteiger partial charge in [-0.15, -0.1) is 11.8 Å². The Labute approximate surface area is 129 Å². The molecule has 4 nitrogen and oxygen atoms in total. The highest BCUT2D eigenvalue weighted by Crippen LogP contribution is 2.23. The van der Waals surface area contributed by atoms with E-state index in [1.807, 2.05) is 43.4 Å². The Morgan fingerprint density at radius 3 is 2.48 bits per heavy atom. The normalized spacial score (nSPS) is 12.7. The number of nitrogens with zero attached hydrogens (tertiary/aromatic N) is 3. The SMILES string of the molecule is Cn1nc(C(C)(C)C)cc1/C(CSc1ccccc1)=N\O. The van der Waals surface area contributed by atoms with Crippen LogP contribution >= 0.6 is 11.8 Å². The Bertz CT molecular complexity index is 627. The molecule has 2 rings (SSSR count). The second kappa shape index (κ2) is 6.35. The van der Waals surface area contributed by atoms with Gasteiger partial charge in [-0.3, -0.25) is 4.68 Å². The van der Waals surface area contributed by atoms with Crippen molar-refractivity contribution in [2.75, 3.05) is 5.75 Å². The Hall–Kier alpha value is -1.75. The lowest BCUT2D eigenvalue weighted by molar-refractivity contribution is 0.319. The summed E-state index contributed by atoms with van der Waals surface area (Å²) >= 11 is 1.64. The molecule has 0 unspecified atom stereocenters. The summed E-state index contributed by atoms with van der Waals surface area (Å²) in [6.45, 7) is 6.36. The minimum Gasteiger partial charge on any atom is -0.411 e. The largest absolute Gasteiger partial charge is 0.411 e. The zero-order valence-corrected chi connectivity index (χ0v) is 13.7. The number of thioether (sulfide) groups is 1. The maximum absolute atomic E-state index is 9.33. The number of hydrogen-bond acceptors (Lipinski definition) is 4. The van der Waals surface area contributed by atoms with Crippen molar-refractivity contribution in [1.29, 1.82) is 0 Å². The molecule has 0 aliphatic rings. The number of oxime groups is 1. The molecule has 0 amide bonds. The van der Waals surface area contributed by atoms with Crippen molar-refractivity contribution < 1.29 is 5.21 Å². The topological polar surface area (TPSA) is 50.4 Å². The molecule has 1 heterocycles.